The van der Waals surface area contributed by atoms with Crippen molar-refractivity contribution in [3.63, 3.8) is 0 Å². The maximum absolute atomic E-state index is 11.4. The third kappa shape index (κ3) is 3.79. The Kier molecular flexibility index (Phi) is 3.54. The maximum Gasteiger partial charge on any atom is 0.232 e. The lowest BCUT2D eigenvalue weighted by Gasteiger charge is -2.19. The predicted molar refractivity (Wildman–Crippen MR) is 61.1 cm³/mol. The summed E-state index contributed by atoms with van der Waals surface area (Å²) in [5.41, 5.74) is 5.20. The molecule has 0 fully saturated rings. The van der Waals surface area contributed by atoms with Gasteiger partial charge >= 0.3 is 0 Å². The Morgan fingerprint density at radius 3 is 2.62 bits per heavy atom. The van der Waals surface area contributed by atoms with Gasteiger partial charge in [0, 0.05) is 18.0 Å². The Bertz CT molecular complexity index is 463. The highest BCUT2D eigenvalue weighted by Crippen LogP contribution is 2.20. The van der Waals surface area contributed by atoms with Crippen molar-refractivity contribution in [3.8, 4) is 5.88 Å². The van der Waals surface area contributed by atoms with E-state index in [-0.39, 0.29) is 17.4 Å². The summed E-state index contributed by atoms with van der Waals surface area (Å²) in [5, 5.41) is 0. The number of ether oxygens (including phenoxy) is 1. The molecule has 1 rings (SSSR count). The summed E-state index contributed by atoms with van der Waals surface area (Å²) < 4.78 is 28.2. The smallest absolute Gasteiger partial charge is 0.232 e. The van der Waals surface area contributed by atoms with Crippen molar-refractivity contribution >= 4 is 9.84 Å². The van der Waals surface area contributed by atoms with E-state index in [4.69, 9.17) is 10.5 Å². The molecule has 0 amide bonds. The van der Waals surface area contributed by atoms with Crippen LogP contribution in [0.2, 0.25) is 0 Å². The number of hydrogen-bond donors (Lipinski definition) is 1. The van der Waals surface area contributed by atoms with Crippen molar-refractivity contribution in [2.75, 3.05) is 12.9 Å². The van der Waals surface area contributed by atoms with Gasteiger partial charge < -0.3 is 10.5 Å². The summed E-state index contributed by atoms with van der Waals surface area (Å²) in [6, 6.07) is 3.01. The molecule has 0 aliphatic rings. The minimum atomic E-state index is -3.33. The Morgan fingerprint density at radius 1 is 1.50 bits per heavy atom. The summed E-state index contributed by atoms with van der Waals surface area (Å²) in [6.07, 6.45) is 2.60. The van der Waals surface area contributed by atoms with Gasteiger partial charge in [0.05, 0.1) is 0 Å². The fraction of sp³-hybridized carbons (Fsp3) is 0.500. The summed E-state index contributed by atoms with van der Waals surface area (Å²) in [7, 11) is -3.33. The molecule has 0 aliphatic heterocycles. The molecule has 1 aromatic rings. The molecule has 16 heavy (non-hydrogen) atoms. The van der Waals surface area contributed by atoms with Crippen LogP contribution in [0, 0.1) is 0 Å². The second-order valence-corrected chi connectivity index (χ2v) is 6.34. The first-order chi connectivity index (χ1) is 7.20. The summed E-state index contributed by atoms with van der Waals surface area (Å²) in [4.78, 5) is 3.97. The molecule has 90 valence electrons. The first-order valence-corrected chi connectivity index (χ1v) is 6.66. The van der Waals surface area contributed by atoms with Crippen LogP contribution in [-0.4, -0.2) is 31.8 Å². The highest BCUT2D eigenvalue weighted by Gasteiger charge is 2.18. The maximum atomic E-state index is 11.4. The molecule has 0 bridgehead atoms. The van der Waals surface area contributed by atoms with E-state index in [0.717, 1.165) is 6.26 Å². The molecule has 0 saturated carbocycles. The SMILES string of the molecule is CC(C)(N)COc1ncccc1S(C)(=O)=O. The Labute approximate surface area is 95.6 Å². The number of nitrogens with zero attached hydrogens (tertiary/aromatic N) is 1. The van der Waals surface area contributed by atoms with Gasteiger partial charge in [-0.25, -0.2) is 13.4 Å². The first-order valence-electron chi connectivity index (χ1n) is 4.77. The van der Waals surface area contributed by atoms with E-state index < -0.39 is 15.4 Å². The molecule has 0 saturated heterocycles. The monoisotopic (exact) mass is 244 g/mol. The Hall–Kier alpha value is -1.14. The zero-order valence-electron chi connectivity index (χ0n) is 9.60. The van der Waals surface area contributed by atoms with Crippen LogP contribution in [0.3, 0.4) is 0 Å². The number of rotatable bonds is 4. The molecule has 0 aromatic carbocycles. The molecule has 0 atom stereocenters. The van der Waals surface area contributed by atoms with Gasteiger partial charge in [-0.3, -0.25) is 0 Å². The van der Waals surface area contributed by atoms with Crippen molar-refractivity contribution in [2.45, 2.75) is 24.3 Å². The largest absolute Gasteiger partial charge is 0.475 e. The lowest BCUT2D eigenvalue weighted by molar-refractivity contribution is 0.229. The summed E-state index contributed by atoms with van der Waals surface area (Å²) in [5.74, 6) is 0.100. The van der Waals surface area contributed by atoms with E-state index in [1.807, 2.05) is 0 Å². The van der Waals surface area contributed by atoms with Crippen LogP contribution in [0.25, 0.3) is 0 Å². The number of pyridine rings is 1. The van der Waals surface area contributed by atoms with Gasteiger partial charge in [-0.1, -0.05) is 0 Å². The van der Waals surface area contributed by atoms with E-state index in [2.05, 4.69) is 4.98 Å². The third-order valence-corrected chi connectivity index (χ3v) is 2.83. The quantitative estimate of drug-likeness (QED) is 0.838. The van der Waals surface area contributed by atoms with Crippen LogP contribution in [0.4, 0.5) is 0 Å². The highest BCUT2D eigenvalue weighted by molar-refractivity contribution is 7.90. The average Bonchev–Trinajstić information content (AvgIpc) is 2.12. The van der Waals surface area contributed by atoms with Gasteiger partial charge in [0.25, 0.3) is 0 Å². The van der Waals surface area contributed by atoms with E-state index in [1.165, 1.54) is 12.3 Å². The van der Waals surface area contributed by atoms with Crippen molar-refractivity contribution in [1.82, 2.24) is 4.98 Å². The Morgan fingerprint density at radius 2 is 2.12 bits per heavy atom. The molecule has 0 radical (unpaired) electrons. The standard InChI is InChI=1S/C10H16N2O3S/c1-10(2,11)7-15-9-8(16(3,13)14)5-4-6-12-9/h4-6H,7,11H2,1-3H3. The topological polar surface area (TPSA) is 82.3 Å². The normalized spacial score (nSPS) is 12.5. The lowest BCUT2D eigenvalue weighted by atomic mass is 10.1. The number of hydrogen-bond acceptors (Lipinski definition) is 5. The first kappa shape index (κ1) is 12.9. The summed E-state index contributed by atoms with van der Waals surface area (Å²) >= 11 is 0. The van der Waals surface area contributed by atoms with Gasteiger partial charge in [-0.15, -0.1) is 0 Å². The number of nitrogens with two attached hydrogens (primary N) is 1. The zero-order chi connectivity index (χ0) is 12.4. The molecule has 6 heteroatoms. The second-order valence-electron chi connectivity index (χ2n) is 4.36. The molecule has 2 N–H and O–H groups in total. The van der Waals surface area contributed by atoms with Crippen LogP contribution in [-0.2, 0) is 9.84 Å². The van der Waals surface area contributed by atoms with Crippen LogP contribution in [0.1, 0.15) is 13.8 Å². The number of sulfone groups is 1. The van der Waals surface area contributed by atoms with Gasteiger partial charge in [0.2, 0.25) is 5.88 Å². The van der Waals surface area contributed by atoms with Crippen LogP contribution in [0.5, 0.6) is 5.88 Å². The number of aromatic nitrogens is 1. The lowest BCUT2D eigenvalue weighted by Crippen LogP contribution is -2.39. The second kappa shape index (κ2) is 4.39. The van der Waals surface area contributed by atoms with Crippen LogP contribution in [0.15, 0.2) is 23.2 Å². The van der Waals surface area contributed by atoms with Crippen LogP contribution >= 0.6 is 0 Å². The van der Waals surface area contributed by atoms with Crippen molar-refractivity contribution in [2.24, 2.45) is 5.73 Å². The molecule has 1 aromatic heterocycles. The van der Waals surface area contributed by atoms with E-state index in [1.54, 1.807) is 19.9 Å². The fourth-order valence-electron chi connectivity index (χ4n) is 1.02. The van der Waals surface area contributed by atoms with Gasteiger partial charge in [0.1, 0.15) is 11.5 Å². The molecular formula is C10H16N2O3S. The molecule has 0 aliphatic carbocycles. The fourth-order valence-corrected chi connectivity index (χ4v) is 1.78. The molecule has 1 heterocycles. The Balaban J connectivity index is 2.97. The molecule has 0 unspecified atom stereocenters. The highest BCUT2D eigenvalue weighted by atomic mass is 32.2. The van der Waals surface area contributed by atoms with E-state index in [9.17, 15) is 8.42 Å². The molecule has 0 spiro atoms. The van der Waals surface area contributed by atoms with Crippen LogP contribution < -0.4 is 10.5 Å². The summed E-state index contributed by atoms with van der Waals surface area (Å²) in [6.45, 7) is 3.78. The molecular weight excluding hydrogens is 228 g/mol. The average molecular weight is 244 g/mol. The third-order valence-electron chi connectivity index (χ3n) is 1.72. The minimum Gasteiger partial charge on any atom is -0.475 e. The van der Waals surface area contributed by atoms with E-state index >= 15 is 0 Å². The van der Waals surface area contributed by atoms with Gasteiger partial charge in [0.15, 0.2) is 9.84 Å². The minimum absolute atomic E-state index is 0.0826. The van der Waals surface area contributed by atoms with Crippen molar-refractivity contribution in [1.29, 1.82) is 0 Å². The van der Waals surface area contributed by atoms with Crippen molar-refractivity contribution < 1.29 is 13.2 Å². The van der Waals surface area contributed by atoms with Gasteiger partial charge in [-0.05, 0) is 26.0 Å². The zero-order valence-corrected chi connectivity index (χ0v) is 10.4. The van der Waals surface area contributed by atoms with E-state index in [0.29, 0.717) is 0 Å². The van der Waals surface area contributed by atoms with Gasteiger partial charge in [-0.2, -0.15) is 0 Å². The molecule has 5 nitrogen and oxygen atoms in total. The predicted octanol–water partition coefficient (Wildman–Crippen LogP) is 0.601. The van der Waals surface area contributed by atoms with Crippen molar-refractivity contribution in [3.05, 3.63) is 18.3 Å².